The molecule has 0 bridgehead atoms. The van der Waals surface area contributed by atoms with E-state index in [9.17, 15) is 9.59 Å². The van der Waals surface area contributed by atoms with E-state index in [1.807, 2.05) is 43.3 Å². The molecular weight excluding hydrogens is 556 g/mol. The van der Waals surface area contributed by atoms with Crippen molar-refractivity contribution in [2.24, 2.45) is 0 Å². The molecule has 0 spiro atoms. The number of nitrogens with zero attached hydrogens (tertiary/aromatic N) is 1. The smallest absolute Gasteiger partial charge is 0.338 e. The van der Waals surface area contributed by atoms with E-state index >= 15 is 0 Å². The van der Waals surface area contributed by atoms with Gasteiger partial charge in [-0.1, -0.05) is 93.9 Å². The van der Waals surface area contributed by atoms with Gasteiger partial charge in [0.05, 0.1) is 18.2 Å². The highest BCUT2D eigenvalue weighted by molar-refractivity contribution is 5.99. The van der Waals surface area contributed by atoms with Crippen LogP contribution in [0.25, 0.3) is 22.0 Å². The molecule has 232 valence electrons. The van der Waals surface area contributed by atoms with Crippen molar-refractivity contribution in [3.63, 3.8) is 0 Å². The molecule has 0 aliphatic carbocycles. The number of benzene rings is 4. The first-order valence-electron chi connectivity index (χ1n) is 16.0. The lowest BCUT2D eigenvalue weighted by atomic mass is 9.98. The molecule has 0 radical (unpaired) electrons. The lowest BCUT2D eigenvalue weighted by Crippen LogP contribution is -2.26. The summed E-state index contributed by atoms with van der Waals surface area (Å²) in [6.45, 7) is 13.9. The van der Waals surface area contributed by atoms with Crippen molar-refractivity contribution >= 4 is 22.8 Å². The molecule has 0 saturated heterocycles. The molecule has 4 aromatic carbocycles. The highest BCUT2D eigenvalue weighted by Crippen LogP contribution is 2.29. The number of esters is 1. The molecule has 5 rings (SSSR count). The Balaban J connectivity index is 1.34. The molecule has 1 N–H and O–H groups in total. The topological polar surface area (TPSA) is 60.3 Å². The fraction of sp³-hybridized carbons (Fsp3) is 0.300. The van der Waals surface area contributed by atoms with Crippen molar-refractivity contribution in [2.45, 2.75) is 72.9 Å². The number of aromatic nitrogens is 1. The van der Waals surface area contributed by atoms with Crippen LogP contribution in [0.2, 0.25) is 0 Å². The predicted molar refractivity (Wildman–Crippen MR) is 184 cm³/mol. The molecule has 0 fully saturated rings. The molecule has 1 atom stereocenters. The Morgan fingerprint density at radius 2 is 1.58 bits per heavy atom. The SMILES string of the molecule is CCCCOC(=O)c1ccccc1-c1ccc(Cn2c(C)c(C)c3cc(C(=O)N[C@@H](C)c4cccc(C(C)C)c4)ccc32)cc1. The van der Waals surface area contributed by atoms with Crippen LogP contribution in [-0.4, -0.2) is 23.1 Å². The molecule has 0 unspecified atom stereocenters. The number of ether oxygens (including phenoxy) is 1. The Labute approximate surface area is 267 Å². The summed E-state index contributed by atoms with van der Waals surface area (Å²) in [7, 11) is 0. The van der Waals surface area contributed by atoms with Crippen LogP contribution < -0.4 is 5.32 Å². The van der Waals surface area contributed by atoms with Crippen molar-refractivity contribution in [2.75, 3.05) is 6.61 Å². The Morgan fingerprint density at radius 1 is 0.844 bits per heavy atom. The van der Waals surface area contributed by atoms with E-state index in [0.717, 1.165) is 46.0 Å². The minimum absolute atomic E-state index is 0.0748. The number of amides is 1. The second kappa shape index (κ2) is 14.0. The maximum atomic E-state index is 13.3. The maximum Gasteiger partial charge on any atom is 0.338 e. The average molecular weight is 601 g/mol. The van der Waals surface area contributed by atoms with Gasteiger partial charge in [-0.05, 0) is 90.8 Å². The predicted octanol–water partition coefficient (Wildman–Crippen LogP) is 9.54. The van der Waals surface area contributed by atoms with Crippen molar-refractivity contribution < 1.29 is 14.3 Å². The molecule has 0 aliphatic heterocycles. The number of hydrogen-bond donors (Lipinski definition) is 1. The fourth-order valence-corrected chi connectivity index (χ4v) is 5.82. The quantitative estimate of drug-likeness (QED) is 0.121. The van der Waals surface area contributed by atoms with Crippen LogP contribution in [0.1, 0.15) is 101 Å². The van der Waals surface area contributed by atoms with Crippen LogP contribution in [0.15, 0.2) is 91.0 Å². The second-order valence-electron chi connectivity index (χ2n) is 12.3. The third-order valence-corrected chi connectivity index (χ3v) is 8.81. The normalized spacial score (nSPS) is 12.0. The van der Waals surface area contributed by atoms with Gasteiger partial charge in [-0.25, -0.2) is 4.79 Å². The molecule has 5 nitrogen and oxygen atoms in total. The lowest BCUT2D eigenvalue weighted by Gasteiger charge is -2.16. The summed E-state index contributed by atoms with van der Waals surface area (Å²) < 4.78 is 7.80. The Hall–Kier alpha value is -4.64. The first kappa shape index (κ1) is 31.8. The van der Waals surface area contributed by atoms with Gasteiger partial charge in [-0.3, -0.25) is 4.79 Å². The molecule has 1 amide bonds. The highest BCUT2D eigenvalue weighted by atomic mass is 16.5. The first-order chi connectivity index (χ1) is 21.7. The number of aryl methyl sites for hydroxylation is 1. The summed E-state index contributed by atoms with van der Waals surface area (Å²) in [5.41, 5.74) is 10.1. The second-order valence-corrected chi connectivity index (χ2v) is 12.3. The molecule has 5 heteroatoms. The zero-order valence-corrected chi connectivity index (χ0v) is 27.3. The highest BCUT2D eigenvalue weighted by Gasteiger charge is 2.18. The zero-order chi connectivity index (χ0) is 32.1. The third-order valence-electron chi connectivity index (χ3n) is 8.81. The summed E-state index contributed by atoms with van der Waals surface area (Å²) in [4.78, 5) is 26.1. The van der Waals surface area contributed by atoms with Crippen molar-refractivity contribution in [3.05, 3.63) is 130 Å². The summed E-state index contributed by atoms with van der Waals surface area (Å²) in [6, 6.07) is 30.3. The van der Waals surface area contributed by atoms with E-state index in [1.54, 1.807) is 0 Å². The fourth-order valence-electron chi connectivity index (χ4n) is 5.82. The number of unbranched alkanes of at least 4 members (excludes halogenated alkanes) is 1. The van der Waals surface area contributed by atoms with Crippen LogP contribution in [0.5, 0.6) is 0 Å². The van der Waals surface area contributed by atoms with E-state index in [-0.39, 0.29) is 17.9 Å². The Morgan fingerprint density at radius 3 is 2.31 bits per heavy atom. The van der Waals surface area contributed by atoms with Crippen LogP contribution >= 0.6 is 0 Å². The summed E-state index contributed by atoms with van der Waals surface area (Å²) in [5.74, 6) is 0.0798. The number of fused-ring (bicyclic) bond motifs is 1. The van der Waals surface area contributed by atoms with E-state index < -0.39 is 0 Å². The number of carbonyl (C=O) groups excluding carboxylic acids is 2. The van der Waals surface area contributed by atoms with Crippen LogP contribution in [0.4, 0.5) is 0 Å². The molecule has 0 saturated carbocycles. The molecule has 0 aliphatic rings. The van der Waals surface area contributed by atoms with Gasteiger partial charge in [-0.15, -0.1) is 0 Å². The van der Waals surface area contributed by atoms with Crippen molar-refractivity contribution in [3.8, 4) is 11.1 Å². The summed E-state index contributed by atoms with van der Waals surface area (Å²) in [6.07, 6.45) is 1.84. The standard InChI is InChI=1S/C40H44N2O3/c1-7-8-22-45-40(44)36-15-10-9-14-35(36)31-18-16-30(17-19-31)25-42-29(6)27(4)37-24-34(20-21-38(37)42)39(43)41-28(5)33-13-11-12-32(23-33)26(2)3/h9-21,23-24,26,28H,7-8,22,25H2,1-6H3,(H,41,43)/t28-/m0/s1. The maximum absolute atomic E-state index is 13.3. The van der Waals surface area contributed by atoms with Gasteiger partial charge < -0.3 is 14.6 Å². The number of nitrogens with one attached hydrogen (secondary N) is 1. The molecular formula is C40H44N2O3. The first-order valence-corrected chi connectivity index (χ1v) is 16.0. The van der Waals surface area contributed by atoms with Gasteiger partial charge in [0.15, 0.2) is 0 Å². The monoisotopic (exact) mass is 600 g/mol. The third kappa shape index (κ3) is 7.04. The van der Waals surface area contributed by atoms with Crippen molar-refractivity contribution in [1.29, 1.82) is 0 Å². The van der Waals surface area contributed by atoms with E-state index in [4.69, 9.17) is 4.74 Å². The molecule has 1 heterocycles. The van der Waals surface area contributed by atoms with Gasteiger partial charge in [0.2, 0.25) is 0 Å². The summed E-state index contributed by atoms with van der Waals surface area (Å²) >= 11 is 0. The Bertz CT molecular complexity index is 1810. The Kier molecular flexibility index (Phi) is 9.87. The van der Waals surface area contributed by atoms with Crippen LogP contribution in [0, 0.1) is 13.8 Å². The minimum atomic E-state index is -0.282. The van der Waals surface area contributed by atoms with E-state index in [0.29, 0.717) is 30.2 Å². The number of hydrogen-bond acceptors (Lipinski definition) is 3. The van der Waals surface area contributed by atoms with Gasteiger partial charge in [0, 0.05) is 28.7 Å². The number of carbonyl (C=O) groups is 2. The molecule has 45 heavy (non-hydrogen) atoms. The minimum Gasteiger partial charge on any atom is -0.462 e. The zero-order valence-electron chi connectivity index (χ0n) is 27.3. The molecule has 5 aromatic rings. The van der Waals surface area contributed by atoms with E-state index in [1.165, 1.54) is 16.8 Å². The largest absolute Gasteiger partial charge is 0.462 e. The van der Waals surface area contributed by atoms with Crippen LogP contribution in [0.3, 0.4) is 0 Å². The van der Waals surface area contributed by atoms with Crippen molar-refractivity contribution in [1.82, 2.24) is 9.88 Å². The summed E-state index contributed by atoms with van der Waals surface area (Å²) in [5, 5.41) is 4.28. The molecule has 1 aromatic heterocycles. The average Bonchev–Trinajstić information content (AvgIpc) is 3.29. The van der Waals surface area contributed by atoms with Crippen LogP contribution in [-0.2, 0) is 11.3 Å². The van der Waals surface area contributed by atoms with Gasteiger partial charge in [0.25, 0.3) is 5.91 Å². The van der Waals surface area contributed by atoms with E-state index in [2.05, 4.69) is 99.1 Å². The lowest BCUT2D eigenvalue weighted by molar-refractivity contribution is 0.0500. The van der Waals surface area contributed by atoms with Gasteiger partial charge >= 0.3 is 5.97 Å². The van der Waals surface area contributed by atoms with Gasteiger partial charge in [-0.2, -0.15) is 0 Å². The number of rotatable bonds is 11. The van der Waals surface area contributed by atoms with Gasteiger partial charge in [0.1, 0.15) is 0 Å².